The lowest BCUT2D eigenvalue weighted by molar-refractivity contribution is 0.0163. The van der Waals surface area contributed by atoms with E-state index >= 15 is 0 Å². The minimum absolute atomic E-state index is 0.0509. The Balaban J connectivity index is 1.42. The number of carbonyl (C=O) groups excluding carboxylic acids is 2. The monoisotopic (exact) mass is 658 g/mol. The van der Waals surface area contributed by atoms with Crippen LogP contribution in [-0.4, -0.2) is 53.5 Å². The van der Waals surface area contributed by atoms with Crippen LogP contribution in [0.5, 0.6) is 0 Å². The van der Waals surface area contributed by atoms with E-state index in [9.17, 15) is 18.4 Å². The molecule has 10 heteroatoms. The van der Waals surface area contributed by atoms with Crippen molar-refractivity contribution < 1.29 is 27.5 Å². The first-order chi connectivity index (χ1) is 23.1. The second kappa shape index (κ2) is 15.7. The number of nitrogens with two attached hydrogens (primary N) is 1. The van der Waals surface area contributed by atoms with Crippen LogP contribution in [0.1, 0.15) is 83.9 Å². The van der Waals surface area contributed by atoms with Gasteiger partial charge in [-0.05, 0) is 85.5 Å². The standard InChI is InChI=1S/C38H44F2N4O4/c1-4-13-44(14-5-2)37(46)29-21-27(20-28(22-29)36-42-12-15-47-36)35(45)43-34(19-26-17-31(39)23-32(40)18-26)33(41)24-48-38(10-11-38)30-9-7-8-25(6-3)16-30/h7-9,12,15-18,20-23,33-34H,4-6,10-11,13-14,19,24,41H2,1-3H3,(H,43,45)/t33?,34-/m0/s1. The number of carbonyl (C=O) groups is 2. The third-order valence-corrected chi connectivity index (χ3v) is 8.72. The van der Waals surface area contributed by atoms with Gasteiger partial charge in [0.2, 0.25) is 5.89 Å². The molecule has 1 aliphatic rings. The Morgan fingerprint density at radius 3 is 2.31 bits per heavy atom. The fraction of sp³-hybridized carbons (Fsp3) is 0.395. The zero-order valence-corrected chi connectivity index (χ0v) is 27.8. The quantitative estimate of drug-likeness (QED) is 0.137. The average Bonchev–Trinajstić information content (AvgIpc) is 3.67. The zero-order valence-electron chi connectivity index (χ0n) is 27.8. The normalized spacial score (nSPS) is 14.7. The molecule has 1 saturated carbocycles. The van der Waals surface area contributed by atoms with Gasteiger partial charge in [-0.2, -0.15) is 0 Å². The van der Waals surface area contributed by atoms with Gasteiger partial charge in [0.1, 0.15) is 17.9 Å². The molecule has 1 heterocycles. The van der Waals surface area contributed by atoms with E-state index in [-0.39, 0.29) is 30.4 Å². The van der Waals surface area contributed by atoms with Gasteiger partial charge >= 0.3 is 0 Å². The summed E-state index contributed by atoms with van der Waals surface area (Å²) in [6.07, 6.45) is 7.12. The highest BCUT2D eigenvalue weighted by Gasteiger charge is 2.46. The van der Waals surface area contributed by atoms with Gasteiger partial charge in [0.25, 0.3) is 11.8 Å². The van der Waals surface area contributed by atoms with E-state index in [1.807, 2.05) is 26.0 Å². The molecule has 0 aliphatic heterocycles. The van der Waals surface area contributed by atoms with Crippen molar-refractivity contribution in [3.05, 3.63) is 113 Å². The number of benzene rings is 3. The van der Waals surface area contributed by atoms with Crippen LogP contribution in [0.15, 0.2) is 77.5 Å². The van der Waals surface area contributed by atoms with Gasteiger partial charge in [-0.3, -0.25) is 9.59 Å². The minimum atomic E-state index is -0.766. The number of rotatable bonds is 16. The Bertz CT molecular complexity index is 1680. The van der Waals surface area contributed by atoms with Gasteiger partial charge in [0.15, 0.2) is 0 Å². The van der Waals surface area contributed by atoms with E-state index in [1.165, 1.54) is 30.2 Å². The molecular formula is C38H44F2N4O4. The molecule has 1 fully saturated rings. The summed E-state index contributed by atoms with van der Waals surface area (Å²) in [4.78, 5) is 33.6. The van der Waals surface area contributed by atoms with Crippen LogP contribution < -0.4 is 11.1 Å². The molecule has 3 N–H and O–H groups in total. The lowest BCUT2D eigenvalue weighted by atomic mass is 9.98. The first-order valence-corrected chi connectivity index (χ1v) is 16.7. The molecule has 1 aliphatic carbocycles. The van der Waals surface area contributed by atoms with Gasteiger partial charge in [-0.1, -0.05) is 45.0 Å². The molecule has 0 saturated heterocycles. The number of amides is 2. The molecule has 0 radical (unpaired) electrons. The SMILES string of the molecule is CCCN(CCC)C(=O)c1cc(C(=O)N[C@@H](Cc2cc(F)cc(F)c2)C(N)COC2(c3cccc(CC)c3)CC2)cc(-c2ncco2)c1. The molecule has 48 heavy (non-hydrogen) atoms. The van der Waals surface area contributed by atoms with Crippen LogP contribution >= 0.6 is 0 Å². The zero-order chi connectivity index (χ0) is 34.3. The predicted octanol–water partition coefficient (Wildman–Crippen LogP) is 6.82. The molecular weight excluding hydrogens is 614 g/mol. The van der Waals surface area contributed by atoms with Crippen molar-refractivity contribution in [2.45, 2.75) is 77.0 Å². The highest BCUT2D eigenvalue weighted by Crippen LogP contribution is 2.49. The average molecular weight is 659 g/mol. The Morgan fingerprint density at radius 2 is 1.69 bits per heavy atom. The number of oxazole rings is 1. The molecule has 3 aromatic carbocycles. The smallest absolute Gasteiger partial charge is 0.253 e. The van der Waals surface area contributed by atoms with Crippen LogP contribution in [-0.2, 0) is 23.2 Å². The molecule has 8 nitrogen and oxygen atoms in total. The fourth-order valence-electron chi connectivity index (χ4n) is 6.03. The first kappa shape index (κ1) is 34.9. The second-order valence-electron chi connectivity index (χ2n) is 12.5. The van der Waals surface area contributed by atoms with Gasteiger partial charge in [-0.15, -0.1) is 0 Å². The maximum absolute atomic E-state index is 14.2. The van der Waals surface area contributed by atoms with Crippen molar-refractivity contribution >= 4 is 11.8 Å². The summed E-state index contributed by atoms with van der Waals surface area (Å²) in [5.41, 5.74) is 9.87. The summed E-state index contributed by atoms with van der Waals surface area (Å²) < 4.78 is 40.4. The molecule has 1 unspecified atom stereocenters. The number of halogens is 2. The molecule has 2 atom stereocenters. The Labute approximate surface area is 280 Å². The number of nitrogens with zero attached hydrogens (tertiary/aromatic N) is 2. The fourth-order valence-corrected chi connectivity index (χ4v) is 6.03. The highest BCUT2D eigenvalue weighted by molar-refractivity contribution is 6.01. The molecule has 0 bridgehead atoms. The lowest BCUT2D eigenvalue weighted by Gasteiger charge is -2.28. The number of nitrogens with one attached hydrogen (secondary N) is 1. The Morgan fingerprint density at radius 1 is 0.979 bits per heavy atom. The predicted molar refractivity (Wildman–Crippen MR) is 180 cm³/mol. The van der Waals surface area contributed by atoms with Crippen LogP contribution in [0.2, 0.25) is 0 Å². The molecule has 0 spiro atoms. The van der Waals surface area contributed by atoms with E-state index < -0.39 is 35.2 Å². The summed E-state index contributed by atoms with van der Waals surface area (Å²) in [7, 11) is 0. The van der Waals surface area contributed by atoms with Crippen LogP contribution in [0.25, 0.3) is 11.5 Å². The van der Waals surface area contributed by atoms with Crippen molar-refractivity contribution in [3.63, 3.8) is 0 Å². The number of aromatic nitrogens is 1. The van der Waals surface area contributed by atoms with Crippen molar-refractivity contribution in [2.24, 2.45) is 5.73 Å². The molecule has 1 aromatic heterocycles. The van der Waals surface area contributed by atoms with Crippen molar-refractivity contribution in [1.29, 1.82) is 0 Å². The lowest BCUT2D eigenvalue weighted by Crippen LogP contribution is -2.51. The first-order valence-electron chi connectivity index (χ1n) is 16.7. The molecule has 2 amide bonds. The number of hydrogen-bond acceptors (Lipinski definition) is 6. The largest absolute Gasteiger partial charge is 0.445 e. The van der Waals surface area contributed by atoms with Gasteiger partial charge in [-0.25, -0.2) is 13.8 Å². The maximum Gasteiger partial charge on any atom is 0.253 e. The number of hydrogen-bond donors (Lipinski definition) is 2. The summed E-state index contributed by atoms with van der Waals surface area (Å²) >= 11 is 0. The van der Waals surface area contributed by atoms with Crippen molar-refractivity contribution in [2.75, 3.05) is 19.7 Å². The molecule has 4 aromatic rings. The third kappa shape index (κ3) is 8.54. The Hall–Kier alpha value is -4.41. The van der Waals surface area contributed by atoms with Crippen LogP contribution in [0.4, 0.5) is 8.78 Å². The van der Waals surface area contributed by atoms with Gasteiger partial charge in [0.05, 0.1) is 24.4 Å². The van der Waals surface area contributed by atoms with E-state index in [2.05, 4.69) is 29.4 Å². The van der Waals surface area contributed by atoms with Crippen molar-refractivity contribution in [3.8, 4) is 11.5 Å². The van der Waals surface area contributed by atoms with Gasteiger partial charge < -0.3 is 25.1 Å². The summed E-state index contributed by atoms with van der Waals surface area (Å²) in [6.45, 7) is 7.35. The van der Waals surface area contributed by atoms with E-state index in [1.54, 1.807) is 23.1 Å². The molecule has 254 valence electrons. The summed E-state index contributed by atoms with van der Waals surface area (Å²) in [6, 6.07) is 14.9. The minimum Gasteiger partial charge on any atom is -0.445 e. The number of ether oxygens (including phenoxy) is 1. The second-order valence-corrected chi connectivity index (χ2v) is 12.5. The maximum atomic E-state index is 14.2. The van der Waals surface area contributed by atoms with Gasteiger partial charge in [0, 0.05) is 41.9 Å². The highest BCUT2D eigenvalue weighted by atomic mass is 19.1. The van der Waals surface area contributed by atoms with Crippen molar-refractivity contribution in [1.82, 2.24) is 15.2 Å². The third-order valence-electron chi connectivity index (χ3n) is 8.72. The van der Waals surface area contributed by atoms with E-state index in [4.69, 9.17) is 14.9 Å². The van der Waals surface area contributed by atoms with E-state index in [0.29, 0.717) is 29.8 Å². The number of aryl methyl sites for hydroxylation is 1. The van der Waals surface area contributed by atoms with Crippen LogP contribution in [0, 0.1) is 11.6 Å². The summed E-state index contributed by atoms with van der Waals surface area (Å²) in [5.74, 6) is -1.91. The molecule has 5 rings (SSSR count). The summed E-state index contributed by atoms with van der Waals surface area (Å²) in [5, 5.41) is 2.99. The Kier molecular flexibility index (Phi) is 11.4. The topological polar surface area (TPSA) is 111 Å². The van der Waals surface area contributed by atoms with E-state index in [0.717, 1.165) is 43.7 Å². The van der Waals surface area contributed by atoms with Crippen LogP contribution in [0.3, 0.4) is 0 Å².